The Bertz CT molecular complexity index is 221. The molecule has 2 unspecified atom stereocenters. The van der Waals surface area contributed by atoms with Crippen molar-refractivity contribution in [3.8, 4) is 0 Å². The molecule has 0 saturated heterocycles. The Labute approximate surface area is 94.0 Å². The first kappa shape index (κ1) is 12.5. The van der Waals surface area contributed by atoms with Gasteiger partial charge in [-0.15, -0.1) is 0 Å². The van der Waals surface area contributed by atoms with Crippen molar-refractivity contribution in [3.05, 3.63) is 0 Å². The number of rotatable bonds is 5. The fraction of sp³-hybridized carbons (Fsp3) is 0.923. The summed E-state index contributed by atoms with van der Waals surface area (Å²) in [7, 11) is 0. The van der Waals surface area contributed by atoms with E-state index < -0.39 is 0 Å². The zero-order valence-electron chi connectivity index (χ0n) is 10.8. The normalized spacial score (nSPS) is 20.1. The van der Waals surface area contributed by atoms with E-state index >= 15 is 0 Å². The highest BCUT2D eigenvalue weighted by Gasteiger charge is 2.37. The highest BCUT2D eigenvalue weighted by Crippen LogP contribution is 2.32. The lowest BCUT2D eigenvalue weighted by Gasteiger charge is -2.34. The van der Waals surface area contributed by atoms with Gasteiger partial charge in [0.15, 0.2) is 0 Å². The second-order valence-electron chi connectivity index (χ2n) is 5.27. The molecule has 0 spiro atoms. The van der Waals surface area contributed by atoms with Crippen molar-refractivity contribution in [2.45, 2.75) is 66.0 Å². The third-order valence-electron chi connectivity index (χ3n) is 3.63. The fourth-order valence-electron chi connectivity index (χ4n) is 1.82. The molecule has 1 aliphatic carbocycles. The van der Waals surface area contributed by atoms with Crippen LogP contribution in [0, 0.1) is 11.8 Å². The van der Waals surface area contributed by atoms with Crippen LogP contribution in [0.15, 0.2) is 0 Å². The molecule has 1 saturated carbocycles. The third-order valence-corrected chi connectivity index (χ3v) is 3.63. The van der Waals surface area contributed by atoms with Gasteiger partial charge in [-0.05, 0) is 32.1 Å². The van der Waals surface area contributed by atoms with Gasteiger partial charge in [-0.3, -0.25) is 4.79 Å². The molecule has 1 fully saturated rings. The Kier molecular flexibility index (Phi) is 4.18. The molecule has 0 aromatic heterocycles. The summed E-state index contributed by atoms with van der Waals surface area (Å²) in [6, 6.07) is 0.933. The molecule has 0 radical (unpaired) electrons. The van der Waals surface area contributed by atoms with E-state index in [-0.39, 0.29) is 5.92 Å². The molecule has 1 amide bonds. The van der Waals surface area contributed by atoms with Crippen LogP contribution in [0.25, 0.3) is 0 Å². The van der Waals surface area contributed by atoms with Crippen molar-refractivity contribution in [1.29, 1.82) is 0 Å². The van der Waals surface area contributed by atoms with Crippen molar-refractivity contribution in [1.82, 2.24) is 4.90 Å². The molecule has 15 heavy (non-hydrogen) atoms. The molecule has 88 valence electrons. The van der Waals surface area contributed by atoms with E-state index in [0.29, 0.717) is 23.9 Å². The predicted octanol–water partition coefficient (Wildman–Crippen LogP) is 3.07. The minimum absolute atomic E-state index is 0.187. The lowest BCUT2D eigenvalue weighted by molar-refractivity contribution is -0.138. The van der Waals surface area contributed by atoms with Gasteiger partial charge in [-0.2, -0.15) is 0 Å². The highest BCUT2D eigenvalue weighted by molar-refractivity contribution is 5.79. The van der Waals surface area contributed by atoms with Gasteiger partial charge in [0, 0.05) is 18.0 Å². The Morgan fingerprint density at radius 2 is 1.80 bits per heavy atom. The van der Waals surface area contributed by atoms with Crippen LogP contribution in [0.1, 0.15) is 53.9 Å². The van der Waals surface area contributed by atoms with Crippen LogP contribution in [0.4, 0.5) is 0 Å². The molecular weight excluding hydrogens is 186 g/mol. The zero-order valence-corrected chi connectivity index (χ0v) is 10.8. The van der Waals surface area contributed by atoms with Crippen LogP contribution >= 0.6 is 0 Å². The fourth-order valence-corrected chi connectivity index (χ4v) is 1.82. The molecule has 2 heteroatoms. The Balaban J connectivity index is 2.69. The quantitative estimate of drug-likeness (QED) is 0.684. The van der Waals surface area contributed by atoms with Gasteiger partial charge in [-0.1, -0.05) is 27.7 Å². The van der Waals surface area contributed by atoms with Crippen molar-refractivity contribution in [2.75, 3.05) is 0 Å². The average Bonchev–Trinajstić information content (AvgIpc) is 3.00. The average molecular weight is 211 g/mol. The van der Waals surface area contributed by atoms with Crippen LogP contribution in [0.3, 0.4) is 0 Å². The van der Waals surface area contributed by atoms with Gasteiger partial charge in [0.05, 0.1) is 0 Å². The third kappa shape index (κ3) is 2.96. The summed E-state index contributed by atoms with van der Waals surface area (Å²) in [6.45, 7) is 10.7. The van der Waals surface area contributed by atoms with Crippen LogP contribution in [-0.4, -0.2) is 22.9 Å². The standard InChI is InChI=1S/C13H25NO/c1-6-10(4)13(15)14(12-7-8-12)11(5)9(2)3/h9-12H,6-8H2,1-5H3. The molecule has 0 heterocycles. The van der Waals surface area contributed by atoms with E-state index in [1.54, 1.807) is 0 Å². The Hall–Kier alpha value is -0.530. The highest BCUT2D eigenvalue weighted by atomic mass is 16.2. The van der Waals surface area contributed by atoms with Crippen molar-refractivity contribution < 1.29 is 4.79 Å². The molecule has 0 N–H and O–H groups in total. The van der Waals surface area contributed by atoms with Crippen LogP contribution < -0.4 is 0 Å². The summed E-state index contributed by atoms with van der Waals surface area (Å²) in [5.74, 6) is 1.10. The number of hydrogen-bond acceptors (Lipinski definition) is 1. The predicted molar refractivity (Wildman–Crippen MR) is 63.6 cm³/mol. The summed E-state index contributed by atoms with van der Waals surface area (Å²) in [5.41, 5.74) is 0. The van der Waals surface area contributed by atoms with Gasteiger partial charge in [0.25, 0.3) is 0 Å². The minimum atomic E-state index is 0.187. The lowest BCUT2D eigenvalue weighted by atomic mass is 10.0. The lowest BCUT2D eigenvalue weighted by Crippen LogP contribution is -2.45. The van der Waals surface area contributed by atoms with E-state index in [1.807, 2.05) is 6.92 Å². The van der Waals surface area contributed by atoms with Crippen molar-refractivity contribution in [2.24, 2.45) is 11.8 Å². The SMILES string of the molecule is CCC(C)C(=O)N(C1CC1)C(C)C(C)C. The van der Waals surface area contributed by atoms with E-state index in [9.17, 15) is 4.79 Å². The summed E-state index contributed by atoms with van der Waals surface area (Å²) >= 11 is 0. The molecule has 0 aromatic carbocycles. The summed E-state index contributed by atoms with van der Waals surface area (Å²) in [5, 5.41) is 0. The largest absolute Gasteiger partial charge is 0.337 e. The first-order valence-corrected chi connectivity index (χ1v) is 6.31. The molecular formula is C13H25NO. The Morgan fingerprint density at radius 3 is 2.13 bits per heavy atom. The van der Waals surface area contributed by atoms with Gasteiger partial charge in [-0.25, -0.2) is 0 Å². The monoisotopic (exact) mass is 211 g/mol. The first-order valence-electron chi connectivity index (χ1n) is 6.31. The van der Waals surface area contributed by atoms with E-state index in [0.717, 1.165) is 6.42 Å². The number of amides is 1. The molecule has 0 bridgehead atoms. The molecule has 0 aliphatic heterocycles. The van der Waals surface area contributed by atoms with Crippen molar-refractivity contribution >= 4 is 5.91 Å². The smallest absolute Gasteiger partial charge is 0.225 e. The van der Waals surface area contributed by atoms with Crippen LogP contribution in [0.2, 0.25) is 0 Å². The summed E-state index contributed by atoms with van der Waals surface area (Å²) in [6.07, 6.45) is 3.37. The second kappa shape index (κ2) is 5.00. The van der Waals surface area contributed by atoms with Gasteiger partial charge >= 0.3 is 0 Å². The zero-order chi connectivity index (χ0) is 11.6. The topological polar surface area (TPSA) is 20.3 Å². The minimum Gasteiger partial charge on any atom is -0.337 e. The first-order chi connectivity index (χ1) is 6.99. The summed E-state index contributed by atoms with van der Waals surface area (Å²) in [4.78, 5) is 14.4. The Morgan fingerprint density at radius 1 is 1.27 bits per heavy atom. The second-order valence-corrected chi connectivity index (χ2v) is 5.27. The van der Waals surface area contributed by atoms with E-state index in [1.165, 1.54) is 12.8 Å². The maximum absolute atomic E-state index is 12.2. The number of hydrogen-bond donors (Lipinski definition) is 0. The van der Waals surface area contributed by atoms with E-state index in [4.69, 9.17) is 0 Å². The number of carbonyl (C=O) groups excluding carboxylic acids is 1. The number of carbonyl (C=O) groups is 1. The molecule has 2 nitrogen and oxygen atoms in total. The van der Waals surface area contributed by atoms with Gasteiger partial charge < -0.3 is 4.90 Å². The van der Waals surface area contributed by atoms with Gasteiger partial charge in [0.2, 0.25) is 5.91 Å². The van der Waals surface area contributed by atoms with Gasteiger partial charge in [0.1, 0.15) is 0 Å². The maximum Gasteiger partial charge on any atom is 0.225 e. The maximum atomic E-state index is 12.2. The molecule has 1 aliphatic rings. The van der Waals surface area contributed by atoms with E-state index in [2.05, 4.69) is 32.6 Å². The van der Waals surface area contributed by atoms with Crippen LogP contribution in [0.5, 0.6) is 0 Å². The number of nitrogens with zero attached hydrogens (tertiary/aromatic N) is 1. The summed E-state index contributed by atoms with van der Waals surface area (Å²) < 4.78 is 0. The molecule has 0 aromatic rings. The van der Waals surface area contributed by atoms with Crippen molar-refractivity contribution in [3.63, 3.8) is 0 Å². The van der Waals surface area contributed by atoms with Crippen LogP contribution in [-0.2, 0) is 4.79 Å². The molecule has 1 rings (SSSR count). The molecule has 2 atom stereocenters.